The molecule has 1 unspecified atom stereocenters. The first kappa shape index (κ1) is 25.3. The number of para-hydroxylation sites is 2. The Kier molecular flexibility index (Phi) is 5.34. The van der Waals surface area contributed by atoms with Gasteiger partial charge >= 0.3 is 0 Å². The van der Waals surface area contributed by atoms with Gasteiger partial charge in [-0.1, -0.05) is 115 Å². The average Bonchev–Trinajstić information content (AvgIpc) is 3.69. The molecule has 46 heavy (non-hydrogen) atoms. The van der Waals surface area contributed by atoms with Crippen LogP contribution in [0.4, 0.5) is 11.4 Å². The lowest BCUT2D eigenvalue weighted by Gasteiger charge is -2.23. The lowest BCUT2D eigenvalue weighted by molar-refractivity contribution is 0.910. The molecule has 0 bridgehead atoms. The molecule has 2 aliphatic rings. The van der Waals surface area contributed by atoms with Crippen LogP contribution < -0.4 is 10.2 Å². The van der Waals surface area contributed by atoms with E-state index in [-0.39, 0.29) is 6.17 Å². The number of nitrogens with zero attached hydrogens (tertiary/aromatic N) is 2. The van der Waals surface area contributed by atoms with Crippen LogP contribution in [0.1, 0.15) is 0 Å². The summed E-state index contributed by atoms with van der Waals surface area (Å²) in [6, 6.07) is 51.0. The molecule has 0 aliphatic carbocycles. The quantitative estimate of drug-likeness (QED) is 0.208. The first-order valence-corrected chi connectivity index (χ1v) is 15.9. The summed E-state index contributed by atoms with van der Waals surface area (Å²) in [5.74, 6) is 0. The van der Waals surface area contributed by atoms with Gasteiger partial charge < -0.3 is 14.8 Å². The SMILES string of the molecule is C1=CC2Nc3c(c4ccc(-c5ccc(-c6ccc(-n7c8ccccc8c8ccccc87)cc6)cc5)cc4c4ccccc34)N2C=C1. The number of aromatic nitrogens is 1. The Bertz CT molecular complexity index is 2500. The highest BCUT2D eigenvalue weighted by Crippen LogP contribution is 2.48. The summed E-state index contributed by atoms with van der Waals surface area (Å²) in [6.07, 6.45) is 8.78. The van der Waals surface area contributed by atoms with Crippen molar-refractivity contribution in [1.82, 2.24) is 4.57 Å². The normalized spacial score (nSPS) is 15.1. The minimum Gasteiger partial charge on any atom is -0.359 e. The van der Waals surface area contributed by atoms with Crippen LogP contribution in [-0.2, 0) is 0 Å². The van der Waals surface area contributed by atoms with E-state index in [4.69, 9.17) is 0 Å². The molecule has 0 amide bonds. The van der Waals surface area contributed by atoms with E-state index in [0.717, 1.165) is 0 Å². The van der Waals surface area contributed by atoms with Crippen LogP contribution in [0, 0.1) is 0 Å². The fourth-order valence-corrected chi connectivity index (χ4v) is 7.60. The Balaban J connectivity index is 1.02. The first-order valence-electron chi connectivity index (χ1n) is 15.9. The highest BCUT2D eigenvalue weighted by atomic mass is 15.3. The summed E-state index contributed by atoms with van der Waals surface area (Å²) < 4.78 is 2.37. The molecule has 1 aromatic heterocycles. The number of benzene rings is 7. The van der Waals surface area contributed by atoms with Crippen molar-refractivity contribution in [2.45, 2.75) is 6.17 Å². The number of hydrogen-bond donors (Lipinski definition) is 1. The second kappa shape index (κ2) is 9.72. The van der Waals surface area contributed by atoms with E-state index < -0.39 is 0 Å². The van der Waals surface area contributed by atoms with Crippen LogP contribution in [-0.4, -0.2) is 10.7 Å². The van der Waals surface area contributed by atoms with Crippen LogP contribution in [0.25, 0.3) is 71.3 Å². The third kappa shape index (κ3) is 3.66. The van der Waals surface area contributed by atoms with E-state index in [1.807, 2.05) is 0 Å². The van der Waals surface area contributed by atoms with Gasteiger partial charge in [-0.15, -0.1) is 0 Å². The number of fused-ring (bicyclic) bond motifs is 11. The Hall–Kier alpha value is -6.06. The standard InChI is InChI=1S/C43H29N3/c1-2-12-36-33(9-1)38-27-31(22-25-37(38)43-42(36)44-41-15-7-8-26-45(41)43)30-18-16-28(17-19-30)29-20-23-32(24-21-29)46-39-13-5-3-10-34(39)35-11-4-6-14-40(35)46/h1-27,41,44H. The molecule has 10 rings (SSSR count). The molecule has 0 radical (unpaired) electrons. The fourth-order valence-electron chi connectivity index (χ4n) is 7.60. The van der Waals surface area contributed by atoms with Gasteiger partial charge in [-0.25, -0.2) is 0 Å². The number of rotatable bonds is 3. The molecular weight excluding hydrogens is 558 g/mol. The second-order valence-electron chi connectivity index (χ2n) is 12.2. The molecular formula is C43H29N3. The maximum absolute atomic E-state index is 3.75. The molecule has 8 aromatic rings. The van der Waals surface area contributed by atoms with E-state index in [0.29, 0.717) is 0 Å². The topological polar surface area (TPSA) is 20.2 Å². The predicted octanol–water partition coefficient (Wildman–Crippen LogP) is 11.1. The molecule has 0 fully saturated rings. The fraction of sp³-hybridized carbons (Fsp3) is 0.0233. The first-order chi connectivity index (χ1) is 22.8. The predicted molar refractivity (Wildman–Crippen MR) is 195 cm³/mol. The molecule has 1 N–H and O–H groups in total. The molecule has 0 saturated carbocycles. The highest BCUT2D eigenvalue weighted by molar-refractivity contribution is 6.22. The van der Waals surface area contributed by atoms with Crippen molar-refractivity contribution in [3.8, 4) is 27.9 Å². The average molecular weight is 588 g/mol. The van der Waals surface area contributed by atoms with Gasteiger partial charge in [-0.3, -0.25) is 0 Å². The summed E-state index contributed by atoms with van der Waals surface area (Å²) in [7, 11) is 0. The zero-order chi connectivity index (χ0) is 30.2. The molecule has 0 spiro atoms. The van der Waals surface area contributed by atoms with Crippen LogP contribution in [0.3, 0.4) is 0 Å². The van der Waals surface area contributed by atoms with E-state index in [2.05, 4.69) is 179 Å². The van der Waals surface area contributed by atoms with Crippen molar-refractivity contribution in [2.24, 2.45) is 0 Å². The minimum absolute atomic E-state index is 0.150. The summed E-state index contributed by atoms with van der Waals surface area (Å²) in [6.45, 7) is 0. The van der Waals surface area contributed by atoms with Gasteiger partial charge in [0.1, 0.15) is 6.17 Å². The van der Waals surface area contributed by atoms with Gasteiger partial charge in [0.25, 0.3) is 0 Å². The number of anilines is 2. The van der Waals surface area contributed by atoms with Gasteiger partial charge in [0.05, 0.1) is 22.4 Å². The summed E-state index contributed by atoms with van der Waals surface area (Å²) in [5.41, 5.74) is 11.0. The van der Waals surface area contributed by atoms with Crippen LogP contribution in [0.2, 0.25) is 0 Å². The highest BCUT2D eigenvalue weighted by Gasteiger charge is 2.30. The third-order valence-corrected chi connectivity index (χ3v) is 9.76. The third-order valence-electron chi connectivity index (χ3n) is 9.76. The van der Waals surface area contributed by atoms with Crippen LogP contribution in [0.15, 0.2) is 164 Å². The minimum atomic E-state index is 0.150. The van der Waals surface area contributed by atoms with Crippen molar-refractivity contribution in [3.05, 3.63) is 164 Å². The van der Waals surface area contributed by atoms with Crippen LogP contribution in [0.5, 0.6) is 0 Å². The smallest absolute Gasteiger partial charge is 0.123 e. The molecule has 7 aromatic carbocycles. The lowest BCUT2D eigenvalue weighted by Crippen LogP contribution is -2.30. The lowest BCUT2D eigenvalue weighted by atomic mass is 9.94. The molecule has 0 saturated heterocycles. The van der Waals surface area contributed by atoms with Gasteiger partial charge in [0.2, 0.25) is 0 Å². The van der Waals surface area contributed by atoms with Gasteiger partial charge in [0.15, 0.2) is 0 Å². The Labute approximate surface area is 266 Å². The molecule has 1 atom stereocenters. The maximum Gasteiger partial charge on any atom is 0.123 e. The monoisotopic (exact) mass is 587 g/mol. The molecule has 2 aliphatic heterocycles. The second-order valence-corrected chi connectivity index (χ2v) is 12.2. The van der Waals surface area contributed by atoms with Gasteiger partial charge in [-0.2, -0.15) is 0 Å². The largest absolute Gasteiger partial charge is 0.359 e. The summed E-state index contributed by atoms with van der Waals surface area (Å²) in [4.78, 5) is 2.35. The zero-order valence-electron chi connectivity index (χ0n) is 25.1. The maximum atomic E-state index is 3.75. The van der Waals surface area contributed by atoms with Gasteiger partial charge in [-0.05, 0) is 75.5 Å². The van der Waals surface area contributed by atoms with Crippen molar-refractivity contribution < 1.29 is 0 Å². The number of hydrogen-bond acceptors (Lipinski definition) is 2. The Morgan fingerprint density at radius 2 is 1.02 bits per heavy atom. The van der Waals surface area contributed by atoms with E-state index in [1.165, 1.54) is 82.7 Å². The summed E-state index contributed by atoms with van der Waals surface area (Å²) in [5, 5.41) is 11.4. The number of allylic oxidation sites excluding steroid dienone is 2. The van der Waals surface area contributed by atoms with Crippen molar-refractivity contribution in [2.75, 3.05) is 10.2 Å². The Morgan fingerprint density at radius 3 is 1.72 bits per heavy atom. The van der Waals surface area contributed by atoms with Crippen molar-refractivity contribution in [1.29, 1.82) is 0 Å². The summed E-state index contributed by atoms with van der Waals surface area (Å²) >= 11 is 0. The molecule has 3 heterocycles. The van der Waals surface area contributed by atoms with Crippen molar-refractivity contribution in [3.63, 3.8) is 0 Å². The molecule has 3 nitrogen and oxygen atoms in total. The Morgan fingerprint density at radius 1 is 0.457 bits per heavy atom. The molecule has 3 heteroatoms. The van der Waals surface area contributed by atoms with Crippen molar-refractivity contribution >= 4 is 54.7 Å². The molecule has 216 valence electrons. The zero-order valence-corrected chi connectivity index (χ0v) is 25.1. The van der Waals surface area contributed by atoms with E-state index in [1.54, 1.807) is 0 Å². The van der Waals surface area contributed by atoms with Gasteiger partial charge in [0, 0.05) is 33.4 Å². The van der Waals surface area contributed by atoms with E-state index in [9.17, 15) is 0 Å². The van der Waals surface area contributed by atoms with E-state index >= 15 is 0 Å². The van der Waals surface area contributed by atoms with Crippen LogP contribution >= 0.6 is 0 Å². The number of nitrogens with one attached hydrogen (secondary N) is 1.